The Morgan fingerprint density at radius 3 is 2.36 bits per heavy atom. The van der Waals surface area contributed by atoms with Crippen LogP contribution in [0.25, 0.3) is 0 Å². The first-order valence-electron chi connectivity index (χ1n) is 6.49. The van der Waals surface area contributed by atoms with Crippen LogP contribution in [0.2, 0.25) is 0 Å². The number of benzene rings is 1. The molecule has 2 amide bonds. The summed E-state index contributed by atoms with van der Waals surface area (Å²) in [5, 5.41) is 13.8. The fourth-order valence-electron chi connectivity index (χ4n) is 1.57. The van der Waals surface area contributed by atoms with Crippen molar-refractivity contribution < 1.29 is 28.6 Å². The minimum Gasteiger partial charge on any atom is -0.478 e. The molecule has 0 aliphatic rings. The smallest absolute Gasteiger partial charge is 0.346 e. The summed E-state index contributed by atoms with van der Waals surface area (Å²) in [7, 11) is 0. The van der Waals surface area contributed by atoms with Crippen LogP contribution < -0.4 is 15.4 Å². The van der Waals surface area contributed by atoms with Gasteiger partial charge in [-0.2, -0.15) is 0 Å². The lowest BCUT2D eigenvalue weighted by Gasteiger charge is -2.18. The molecule has 0 spiro atoms. The first-order valence-corrected chi connectivity index (χ1v) is 6.49. The zero-order valence-electron chi connectivity index (χ0n) is 12.1. The SMILES string of the molecule is CC(=O)NC(C)C(=O)NCC(Oc1ccc(F)cc1)C(=O)O. The van der Waals surface area contributed by atoms with Gasteiger partial charge in [0.15, 0.2) is 0 Å². The van der Waals surface area contributed by atoms with Crippen molar-refractivity contribution in [3.8, 4) is 5.75 Å². The molecule has 0 fully saturated rings. The van der Waals surface area contributed by atoms with Crippen molar-refractivity contribution in [2.24, 2.45) is 0 Å². The molecule has 2 unspecified atom stereocenters. The van der Waals surface area contributed by atoms with Crippen LogP contribution in [0.5, 0.6) is 5.75 Å². The molecule has 3 N–H and O–H groups in total. The van der Waals surface area contributed by atoms with Gasteiger partial charge < -0.3 is 20.5 Å². The summed E-state index contributed by atoms with van der Waals surface area (Å²) in [6.07, 6.45) is -1.33. The van der Waals surface area contributed by atoms with Crippen molar-refractivity contribution in [2.75, 3.05) is 6.54 Å². The molecule has 1 rings (SSSR count). The molecule has 1 aromatic carbocycles. The highest BCUT2D eigenvalue weighted by Crippen LogP contribution is 2.13. The number of carbonyl (C=O) groups is 3. The number of carboxylic acid groups (broad SMARTS) is 1. The van der Waals surface area contributed by atoms with Gasteiger partial charge in [0.05, 0.1) is 6.54 Å². The van der Waals surface area contributed by atoms with E-state index in [1.165, 1.54) is 26.0 Å². The Morgan fingerprint density at radius 2 is 1.86 bits per heavy atom. The van der Waals surface area contributed by atoms with Crippen molar-refractivity contribution in [3.05, 3.63) is 30.1 Å². The van der Waals surface area contributed by atoms with Gasteiger partial charge >= 0.3 is 5.97 Å². The van der Waals surface area contributed by atoms with Crippen LogP contribution in [-0.2, 0) is 14.4 Å². The van der Waals surface area contributed by atoms with Gasteiger partial charge in [0, 0.05) is 6.92 Å². The maximum Gasteiger partial charge on any atom is 0.346 e. The number of nitrogens with one attached hydrogen (secondary N) is 2. The molecule has 0 saturated carbocycles. The molecule has 7 nitrogen and oxygen atoms in total. The van der Waals surface area contributed by atoms with Gasteiger partial charge in [-0.15, -0.1) is 0 Å². The molecular weight excluding hydrogens is 295 g/mol. The summed E-state index contributed by atoms with van der Waals surface area (Å²) in [5.41, 5.74) is 0. The van der Waals surface area contributed by atoms with Gasteiger partial charge in [-0.25, -0.2) is 9.18 Å². The summed E-state index contributed by atoms with van der Waals surface area (Å²) in [4.78, 5) is 33.6. The second-order valence-electron chi connectivity index (χ2n) is 4.57. The van der Waals surface area contributed by atoms with Crippen LogP contribution in [0.3, 0.4) is 0 Å². The average molecular weight is 312 g/mol. The monoisotopic (exact) mass is 312 g/mol. The Balaban J connectivity index is 2.58. The van der Waals surface area contributed by atoms with Gasteiger partial charge in [-0.3, -0.25) is 9.59 Å². The highest BCUT2D eigenvalue weighted by atomic mass is 19.1. The molecule has 0 aromatic heterocycles. The van der Waals surface area contributed by atoms with E-state index in [-0.39, 0.29) is 18.2 Å². The van der Waals surface area contributed by atoms with Crippen LogP contribution >= 0.6 is 0 Å². The van der Waals surface area contributed by atoms with E-state index in [4.69, 9.17) is 9.84 Å². The Morgan fingerprint density at radius 1 is 1.27 bits per heavy atom. The van der Waals surface area contributed by atoms with Crippen molar-refractivity contribution in [3.63, 3.8) is 0 Å². The van der Waals surface area contributed by atoms with E-state index in [1.54, 1.807) is 0 Å². The maximum atomic E-state index is 12.8. The van der Waals surface area contributed by atoms with Crippen LogP contribution in [0.4, 0.5) is 4.39 Å². The largest absolute Gasteiger partial charge is 0.478 e. The van der Waals surface area contributed by atoms with Crippen LogP contribution in [0, 0.1) is 5.82 Å². The number of rotatable bonds is 7. The third kappa shape index (κ3) is 5.78. The first-order chi connectivity index (χ1) is 10.3. The molecule has 22 heavy (non-hydrogen) atoms. The Hall–Kier alpha value is -2.64. The topological polar surface area (TPSA) is 105 Å². The van der Waals surface area contributed by atoms with Gasteiger partial charge in [0.25, 0.3) is 0 Å². The third-order valence-electron chi connectivity index (χ3n) is 2.64. The molecule has 2 atom stereocenters. The van der Waals surface area contributed by atoms with E-state index < -0.39 is 29.8 Å². The van der Waals surface area contributed by atoms with Gasteiger partial charge in [0.1, 0.15) is 17.6 Å². The van der Waals surface area contributed by atoms with Crippen molar-refractivity contribution >= 4 is 17.8 Å². The third-order valence-corrected chi connectivity index (χ3v) is 2.64. The standard InChI is InChI=1S/C14H17FN2O5/c1-8(17-9(2)18)13(19)16-7-12(14(20)21)22-11-5-3-10(15)4-6-11/h3-6,8,12H,7H2,1-2H3,(H,16,19)(H,17,18)(H,20,21). The molecule has 0 aliphatic carbocycles. The molecule has 120 valence electrons. The van der Waals surface area contributed by atoms with E-state index in [0.717, 1.165) is 12.1 Å². The lowest BCUT2D eigenvalue weighted by molar-refractivity contribution is -0.145. The van der Waals surface area contributed by atoms with Crippen LogP contribution in [0.1, 0.15) is 13.8 Å². The van der Waals surface area contributed by atoms with E-state index in [1.807, 2.05) is 0 Å². The second kappa shape index (κ2) is 7.96. The lowest BCUT2D eigenvalue weighted by Crippen LogP contribution is -2.48. The summed E-state index contributed by atoms with van der Waals surface area (Å²) in [6, 6.07) is 4.04. The quantitative estimate of drug-likeness (QED) is 0.671. The number of amides is 2. The predicted molar refractivity (Wildman–Crippen MR) is 74.7 cm³/mol. The molecular formula is C14H17FN2O5. The number of ether oxygens (including phenoxy) is 1. The van der Waals surface area contributed by atoms with E-state index in [2.05, 4.69) is 10.6 Å². The van der Waals surface area contributed by atoms with E-state index in [0.29, 0.717) is 0 Å². The minimum atomic E-state index is -1.33. The van der Waals surface area contributed by atoms with E-state index in [9.17, 15) is 18.8 Å². The van der Waals surface area contributed by atoms with Crippen molar-refractivity contribution in [1.82, 2.24) is 10.6 Å². The summed E-state index contributed by atoms with van der Waals surface area (Å²) < 4.78 is 17.9. The zero-order valence-corrected chi connectivity index (χ0v) is 12.1. The average Bonchev–Trinajstić information content (AvgIpc) is 2.44. The number of hydrogen-bond donors (Lipinski definition) is 3. The number of aliphatic carboxylic acids is 1. The molecule has 0 radical (unpaired) electrons. The summed E-state index contributed by atoms with van der Waals surface area (Å²) >= 11 is 0. The summed E-state index contributed by atoms with van der Waals surface area (Å²) in [6.45, 7) is 2.43. The highest BCUT2D eigenvalue weighted by Gasteiger charge is 2.22. The number of halogens is 1. The molecule has 0 aliphatic heterocycles. The van der Waals surface area contributed by atoms with E-state index >= 15 is 0 Å². The lowest BCUT2D eigenvalue weighted by atomic mass is 10.2. The zero-order chi connectivity index (χ0) is 16.7. The first kappa shape index (κ1) is 17.4. The van der Waals surface area contributed by atoms with Crippen molar-refractivity contribution in [2.45, 2.75) is 26.0 Å². The fourth-order valence-corrected chi connectivity index (χ4v) is 1.57. The van der Waals surface area contributed by atoms with Gasteiger partial charge in [-0.05, 0) is 31.2 Å². The summed E-state index contributed by atoms with van der Waals surface area (Å²) in [5.74, 6) is -2.50. The Labute approximate surface area is 126 Å². The van der Waals surface area contributed by atoms with Gasteiger partial charge in [-0.1, -0.05) is 0 Å². The van der Waals surface area contributed by atoms with Crippen LogP contribution in [-0.4, -0.2) is 41.6 Å². The molecule has 8 heteroatoms. The molecule has 0 saturated heterocycles. The van der Waals surface area contributed by atoms with Gasteiger partial charge in [0.2, 0.25) is 17.9 Å². The molecule has 1 aromatic rings. The molecule has 0 bridgehead atoms. The Kier molecular flexibility index (Phi) is 6.30. The predicted octanol–water partition coefficient (Wildman–Crippen LogP) is 0.298. The van der Waals surface area contributed by atoms with Crippen molar-refractivity contribution in [1.29, 1.82) is 0 Å². The number of carboxylic acids is 1. The maximum absolute atomic E-state index is 12.8. The number of hydrogen-bond acceptors (Lipinski definition) is 4. The normalized spacial score (nSPS) is 12.9. The second-order valence-corrected chi connectivity index (χ2v) is 4.57. The van der Waals surface area contributed by atoms with Crippen LogP contribution in [0.15, 0.2) is 24.3 Å². The highest BCUT2D eigenvalue weighted by molar-refractivity contribution is 5.86. The number of carbonyl (C=O) groups excluding carboxylic acids is 2. The minimum absolute atomic E-state index is 0.165. The fraction of sp³-hybridized carbons (Fsp3) is 0.357. The Bertz CT molecular complexity index is 547. The molecule has 0 heterocycles.